The number of halogens is 2. The zero-order chi connectivity index (χ0) is 16.7. The van der Waals surface area contributed by atoms with Crippen molar-refractivity contribution in [1.29, 1.82) is 0 Å². The zero-order valence-electron chi connectivity index (χ0n) is 13.3. The first-order chi connectivity index (χ1) is 11.6. The lowest BCUT2D eigenvalue weighted by Crippen LogP contribution is -2.35. The van der Waals surface area contributed by atoms with E-state index < -0.39 is 0 Å². The van der Waals surface area contributed by atoms with Gasteiger partial charge in [-0.1, -0.05) is 17.7 Å². The molecule has 6 heteroatoms. The van der Waals surface area contributed by atoms with E-state index >= 15 is 0 Å². The van der Waals surface area contributed by atoms with E-state index in [0.717, 1.165) is 35.6 Å². The molecule has 2 heterocycles. The summed E-state index contributed by atoms with van der Waals surface area (Å²) in [6, 6.07) is 4.48. The Morgan fingerprint density at radius 2 is 2.21 bits per heavy atom. The van der Waals surface area contributed by atoms with Crippen LogP contribution in [0.1, 0.15) is 35.5 Å². The second-order valence-corrected chi connectivity index (χ2v) is 7.19. The molecular weight excluding hydrogens is 329 g/mol. The summed E-state index contributed by atoms with van der Waals surface area (Å²) in [4.78, 5) is 22.1. The van der Waals surface area contributed by atoms with E-state index in [1.54, 1.807) is 6.07 Å². The molecule has 1 saturated carbocycles. The van der Waals surface area contributed by atoms with E-state index in [4.69, 9.17) is 16.6 Å². The van der Waals surface area contributed by atoms with Crippen LogP contribution in [0.25, 0.3) is 0 Å². The fourth-order valence-corrected chi connectivity index (χ4v) is 3.49. The van der Waals surface area contributed by atoms with Crippen LogP contribution in [0.3, 0.4) is 0 Å². The number of nitrogens with one attached hydrogen (secondary N) is 1. The van der Waals surface area contributed by atoms with Crippen LogP contribution < -0.4 is 5.56 Å². The number of aromatic nitrogens is 2. The predicted molar refractivity (Wildman–Crippen MR) is 90.5 cm³/mol. The van der Waals surface area contributed by atoms with Crippen molar-refractivity contribution in [3.8, 4) is 0 Å². The molecule has 0 saturated heterocycles. The summed E-state index contributed by atoms with van der Waals surface area (Å²) in [5.41, 5.74) is 2.58. The highest BCUT2D eigenvalue weighted by Gasteiger charge is 2.25. The molecule has 2 aliphatic rings. The molecule has 4 rings (SSSR count). The van der Waals surface area contributed by atoms with Crippen molar-refractivity contribution in [2.24, 2.45) is 5.92 Å². The van der Waals surface area contributed by atoms with Gasteiger partial charge in [0.2, 0.25) is 0 Å². The number of aromatic amines is 1. The Morgan fingerprint density at radius 1 is 1.38 bits per heavy atom. The molecule has 4 nitrogen and oxygen atoms in total. The second kappa shape index (κ2) is 6.30. The van der Waals surface area contributed by atoms with E-state index in [-0.39, 0.29) is 11.4 Å². The third kappa shape index (κ3) is 3.37. The average molecular weight is 348 g/mol. The van der Waals surface area contributed by atoms with Crippen LogP contribution in [0.5, 0.6) is 0 Å². The van der Waals surface area contributed by atoms with E-state index in [9.17, 15) is 9.18 Å². The van der Waals surface area contributed by atoms with Crippen molar-refractivity contribution < 1.29 is 4.39 Å². The molecule has 0 atom stereocenters. The SMILES string of the molecule is O=c1[nH]c(CC2CC2)nc2c1CCN(Cc1ccc(F)cc1Cl)C2. The molecule has 0 amide bonds. The van der Waals surface area contributed by atoms with Crippen molar-refractivity contribution in [2.75, 3.05) is 6.54 Å². The van der Waals surface area contributed by atoms with Crippen molar-refractivity contribution in [1.82, 2.24) is 14.9 Å². The Balaban J connectivity index is 1.53. The van der Waals surface area contributed by atoms with Gasteiger partial charge < -0.3 is 4.98 Å². The lowest BCUT2D eigenvalue weighted by atomic mass is 10.1. The second-order valence-electron chi connectivity index (χ2n) is 6.78. The molecule has 0 bridgehead atoms. The number of hydrogen-bond donors (Lipinski definition) is 1. The molecule has 1 aromatic carbocycles. The third-order valence-corrected chi connectivity index (χ3v) is 5.14. The van der Waals surface area contributed by atoms with Gasteiger partial charge >= 0.3 is 0 Å². The Labute approximate surface area is 144 Å². The monoisotopic (exact) mass is 347 g/mol. The number of rotatable bonds is 4. The number of nitrogens with zero attached hydrogens (tertiary/aromatic N) is 2. The van der Waals surface area contributed by atoms with Crippen molar-refractivity contribution in [2.45, 2.75) is 38.8 Å². The van der Waals surface area contributed by atoms with Crippen molar-refractivity contribution in [3.05, 3.63) is 62.0 Å². The van der Waals surface area contributed by atoms with Crippen LogP contribution in [-0.4, -0.2) is 21.4 Å². The standard InChI is InChI=1S/C18H19ClFN3O/c19-15-8-13(20)4-3-12(15)9-23-6-5-14-16(10-23)21-17(22-18(14)24)7-11-1-2-11/h3-4,8,11H,1-2,5-7,9-10H2,(H,21,22,24). The van der Waals surface area contributed by atoms with Gasteiger partial charge in [0.25, 0.3) is 5.56 Å². The van der Waals surface area contributed by atoms with Crippen molar-refractivity contribution >= 4 is 11.6 Å². The topological polar surface area (TPSA) is 49.0 Å². The Bertz CT molecular complexity index is 831. The van der Waals surface area contributed by atoms with E-state index in [2.05, 4.69) is 9.88 Å². The molecule has 0 spiro atoms. The number of benzene rings is 1. The highest BCUT2D eigenvalue weighted by Crippen LogP contribution is 2.31. The molecule has 0 unspecified atom stereocenters. The fourth-order valence-electron chi connectivity index (χ4n) is 3.26. The van der Waals surface area contributed by atoms with Gasteiger partial charge in [0.1, 0.15) is 11.6 Å². The van der Waals surface area contributed by atoms with Gasteiger partial charge in [-0.3, -0.25) is 9.69 Å². The van der Waals surface area contributed by atoms with Gasteiger partial charge in [0, 0.05) is 36.6 Å². The molecule has 126 valence electrons. The Morgan fingerprint density at radius 3 is 2.96 bits per heavy atom. The minimum absolute atomic E-state index is 0.00937. The molecule has 1 aromatic heterocycles. The van der Waals surface area contributed by atoms with Crippen LogP contribution in [0, 0.1) is 11.7 Å². The summed E-state index contributed by atoms with van der Waals surface area (Å²) in [6.45, 7) is 2.03. The minimum atomic E-state index is -0.328. The molecule has 1 aliphatic heterocycles. The van der Waals surface area contributed by atoms with E-state index in [0.29, 0.717) is 30.5 Å². The number of fused-ring (bicyclic) bond motifs is 1. The summed E-state index contributed by atoms with van der Waals surface area (Å²) in [5, 5.41) is 0.439. The largest absolute Gasteiger partial charge is 0.310 e. The van der Waals surface area contributed by atoms with Crippen LogP contribution >= 0.6 is 11.6 Å². The normalized spacial score (nSPS) is 17.8. The lowest BCUT2D eigenvalue weighted by molar-refractivity contribution is 0.240. The Kier molecular flexibility index (Phi) is 4.14. The molecule has 1 aliphatic carbocycles. The maximum Gasteiger partial charge on any atom is 0.254 e. The maximum atomic E-state index is 13.2. The van der Waals surface area contributed by atoms with Gasteiger partial charge in [0.05, 0.1) is 5.69 Å². The summed E-state index contributed by atoms with van der Waals surface area (Å²) < 4.78 is 13.2. The van der Waals surface area contributed by atoms with Gasteiger partial charge in [-0.2, -0.15) is 0 Å². The molecular formula is C18H19ClFN3O. The predicted octanol–water partition coefficient (Wildman–Crippen LogP) is 3.07. The molecule has 1 fully saturated rings. The molecule has 0 radical (unpaired) electrons. The minimum Gasteiger partial charge on any atom is -0.310 e. The first-order valence-electron chi connectivity index (χ1n) is 8.35. The number of H-pyrrole nitrogens is 1. The Hall–Kier alpha value is -1.72. The summed E-state index contributed by atoms with van der Waals surface area (Å²) >= 11 is 6.13. The van der Waals surface area contributed by atoms with Gasteiger partial charge in [-0.05, 0) is 42.9 Å². The smallest absolute Gasteiger partial charge is 0.254 e. The summed E-state index contributed by atoms with van der Waals surface area (Å²) in [6.07, 6.45) is 4.01. The highest BCUT2D eigenvalue weighted by molar-refractivity contribution is 6.31. The van der Waals surface area contributed by atoms with Crippen LogP contribution in [0.4, 0.5) is 4.39 Å². The molecule has 1 N–H and O–H groups in total. The average Bonchev–Trinajstić information content (AvgIpc) is 3.34. The maximum absolute atomic E-state index is 13.2. The summed E-state index contributed by atoms with van der Waals surface area (Å²) in [5.74, 6) is 1.16. The molecule has 2 aromatic rings. The number of hydrogen-bond acceptors (Lipinski definition) is 3. The van der Waals surface area contributed by atoms with Gasteiger partial charge in [0.15, 0.2) is 0 Å². The van der Waals surface area contributed by atoms with Crippen LogP contribution in [0.2, 0.25) is 5.02 Å². The van der Waals surface area contributed by atoms with E-state index in [1.165, 1.54) is 25.0 Å². The third-order valence-electron chi connectivity index (χ3n) is 4.79. The fraction of sp³-hybridized carbons (Fsp3) is 0.444. The zero-order valence-corrected chi connectivity index (χ0v) is 14.1. The lowest BCUT2D eigenvalue weighted by Gasteiger charge is -2.28. The van der Waals surface area contributed by atoms with E-state index in [1.807, 2.05) is 0 Å². The quantitative estimate of drug-likeness (QED) is 0.924. The van der Waals surface area contributed by atoms with Crippen LogP contribution in [-0.2, 0) is 25.9 Å². The molecule has 24 heavy (non-hydrogen) atoms. The highest BCUT2D eigenvalue weighted by atomic mass is 35.5. The van der Waals surface area contributed by atoms with Crippen LogP contribution in [0.15, 0.2) is 23.0 Å². The van der Waals surface area contributed by atoms with Gasteiger partial charge in [-0.15, -0.1) is 0 Å². The van der Waals surface area contributed by atoms with Gasteiger partial charge in [-0.25, -0.2) is 9.37 Å². The first kappa shape index (κ1) is 15.8. The summed E-state index contributed by atoms with van der Waals surface area (Å²) in [7, 11) is 0. The van der Waals surface area contributed by atoms with Crippen molar-refractivity contribution in [3.63, 3.8) is 0 Å². The first-order valence-corrected chi connectivity index (χ1v) is 8.73.